The molecule has 1 atom stereocenters. The minimum absolute atomic E-state index is 0. The monoisotopic (exact) mass is 509 g/mol. The van der Waals surface area contributed by atoms with Gasteiger partial charge < -0.3 is 25.0 Å². The molecule has 1 unspecified atom stereocenters. The highest BCUT2D eigenvalue weighted by Gasteiger charge is 2.28. The Kier molecular flexibility index (Phi) is 9.72. The highest BCUT2D eigenvalue weighted by Crippen LogP contribution is 2.17. The Labute approximate surface area is 183 Å². The topological polar surface area (TPSA) is 95.5 Å². The molecule has 0 saturated carbocycles. The predicted octanol–water partition coefficient (Wildman–Crippen LogP) is 0.782. The molecule has 0 bridgehead atoms. The van der Waals surface area contributed by atoms with Crippen molar-refractivity contribution in [1.29, 1.82) is 0 Å². The van der Waals surface area contributed by atoms with E-state index in [0.717, 1.165) is 57.9 Å². The van der Waals surface area contributed by atoms with E-state index < -0.39 is 0 Å². The number of rotatable bonds is 7. The summed E-state index contributed by atoms with van der Waals surface area (Å²) in [5.41, 5.74) is 0. The quantitative estimate of drug-likeness (QED) is 0.228. The van der Waals surface area contributed by atoms with Crippen LogP contribution in [-0.4, -0.2) is 92.4 Å². The first-order valence-corrected chi connectivity index (χ1v) is 10.0. The molecule has 3 aliphatic heterocycles. The molecule has 0 aromatic heterocycles. The third-order valence-electron chi connectivity index (χ3n) is 5.14. The fourth-order valence-corrected chi connectivity index (χ4v) is 3.62. The lowest BCUT2D eigenvalue weighted by molar-refractivity contribution is -0.124. The summed E-state index contributed by atoms with van der Waals surface area (Å²) in [6.45, 7) is 6.92. The molecule has 0 aromatic rings. The SMILES string of the molecule is CCNC(=NCCN1C(=O)CNC1=O)N1CCC(OCC2CCCO2)CC1.I. The molecule has 2 N–H and O–H groups in total. The van der Waals surface area contributed by atoms with E-state index in [1.807, 2.05) is 6.92 Å². The molecule has 3 saturated heterocycles. The largest absolute Gasteiger partial charge is 0.376 e. The Morgan fingerprint density at radius 2 is 2.11 bits per heavy atom. The van der Waals surface area contributed by atoms with E-state index in [9.17, 15) is 9.59 Å². The fourth-order valence-electron chi connectivity index (χ4n) is 3.62. The number of nitrogens with zero attached hydrogens (tertiary/aromatic N) is 3. The number of piperidine rings is 1. The lowest BCUT2D eigenvalue weighted by atomic mass is 10.1. The Bertz CT molecular complexity index is 532. The van der Waals surface area contributed by atoms with Gasteiger partial charge in [-0.15, -0.1) is 24.0 Å². The van der Waals surface area contributed by atoms with E-state index in [0.29, 0.717) is 19.7 Å². The van der Waals surface area contributed by atoms with Crippen molar-refractivity contribution < 1.29 is 19.1 Å². The van der Waals surface area contributed by atoms with E-state index in [2.05, 4.69) is 20.5 Å². The standard InChI is InChI=1S/C18H31N5O4.HI/c1-2-19-17(20-7-10-23-16(24)12-21-18(23)25)22-8-5-14(6-9-22)27-13-15-4-3-11-26-15;/h14-15H,2-13H2,1H3,(H,19,20)(H,21,25);1H. The molecule has 3 aliphatic rings. The number of carbonyl (C=O) groups is 2. The maximum absolute atomic E-state index is 11.6. The van der Waals surface area contributed by atoms with E-state index in [1.165, 1.54) is 4.90 Å². The van der Waals surface area contributed by atoms with Gasteiger partial charge in [-0.25, -0.2) is 4.79 Å². The molecule has 10 heteroatoms. The Morgan fingerprint density at radius 3 is 2.71 bits per heavy atom. The van der Waals surface area contributed by atoms with Gasteiger partial charge in [0.1, 0.15) is 0 Å². The number of hydrogen-bond acceptors (Lipinski definition) is 5. The maximum Gasteiger partial charge on any atom is 0.324 e. The molecule has 3 heterocycles. The average Bonchev–Trinajstić information content (AvgIpc) is 3.31. The second-order valence-electron chi connectivity index (χ2n) is 7.09. The first-order valence-electron chi connectivity index (χ1n) is 10.0. The van der Waals surface area contributed by atoms with Crippen LogP contribution in [0, 0.1) is 0 Å². The molecule has 0 aromatic carbocycles. The van der Waals surface area contributed by atoms with Gasteiger partial charge in [0.2, 0.25) is 5.91 Å². The van der Waals surface area contributed by atoms with Crippen molar-refractivity contribution in [2.75, 3.05) is 52.5 Å². The number of amides is 3. The Morgan fingerprint density at radius 1 is 1.32 bits per heavy atom. The van der Waals surface area contributed by atoms with Crippen molar-refractivity contribution in [2.24, 2.45) is 4.99 Å². The number of urea groups is 1. The molecule has 0 radical (unpaired) electrons. The number of nitrogens with one attached hydrogen (secondary N) is 2. The summed E-state index contributed by atoms with van der Waals surface area (Å²) >= 11 is 0. The summed E-state index contributed by atoms with van der Waals surface area (Å²) in [7, 11) is 0. The number of guanidine groups is 1. The van der Waals surface area contributed by atoms with E-state index >= 15 is 0 Å². The summed E-state index contributed by atoms with van der Waals surface area (Å²) in [4.78, 5) is 31.2. The summed E-state index contributed by atoms with van der Waals surface area (Å²) in [5, 5.41) is 5.83. The number of aliphatic imine (C=N–C) groups is 1. The molecular weight excluding hydrogens is 477 g/mol. The third kappa shape index (κ3) is 6.45. The number of ether oxygens (including phenoxy) is 2. The predicted molar refractivity (Wildman–Crippen MR) is 116 cm³/mol. The zero-order valence-corrected chi connectivity index (χ0v) is 18.9. The number of halogens is 1. The maximum atomic E-state index is 11.6. The van der Waals surface area contributed by atoms with Gasteiger partial charge in [0.05, 0.1) is 38.4 Å². The van der Waals surface area contributed by atoms with Crippen molar-refractivity contribution in [3.8, 4) is 0 Å². The van der Waals surface area contributed by atoms with E-state index in [4.69, 9.17) is 9.47 Å². The molecule has 0 spiro atoms. The zero-order chi connectivity index (χ0) is 19.1. The summed E-state index contributed by atoms with van der Waals surface area (Å²) < 4.78 is 11.6. The first-order chi connectivity index (χ1) is 13.2. The summed E-state index contributed by atoms with van der Waals surface area (Å²) in [5.74, 6) is 0.645. The Hall–Kier alpha value is -1.14. The Balaban J connectivity index is 0.00000280. The molecule has 3 fully saturated rings. The van der Waals surface area contributed by atoms with Crippen LogP contribution in [0.5, 0.6) is 0 Å². The molecule has 3 rings (SSSR count). The van der Waals surface area contributed by atoms with Crippen molar-refractivity contribution in [1.82, 2.24) is 20.4 Å². The van der Waals surface area contributed by atoms with Gasteiger partial charge in [-0.05, 0) is 32.6 Å². The van der Waals surface area contributed by atoms with E-state index in [1.54, 1.807) is 0 Å². The van der Waals surface area contributed by atoms with Gasteiger partial charge in [-0.3, -0.25) is 14.7 Å². The van der Waals surface area contributed by atoms with Crippen LogP contribution in [0.15, 0.2) is 4.99 Å². The van der Waals surface area contributed by atoms with Crippen LogP contribution in [0.25, 0.3) is 0 Å². The first kappa shape index (κ1) is 23.1. The third-order valence-corrected chi connectivity index (χ3v) is 5.14. The van der Waals surface area contributed by atoms with Crippen LogP contribution in [-0.2, 0) is 14.3 Å². The van der Waals surface area contributed by atoms with Crippen LogP contribution in [0.1, 0.15) is 32.6 Å². The highest BCUT2D eigenvalue weighted by atomic mass is 127. The lowest BCUT2D eigenvalue weighted by Crippen LogP contribution is -2.47. The van der Waals surface area contributed by atoms with E-state index in [-0.39, 0.29) is 54.7 Å². The molecule has 3 amide bonds. The van der Waals surface area contributed by atoms with Gasteiger partial charge in [-0.1, -0.05) is 0 Å². The number of carbonyl (C=O) groups excluding carboxylic acids is 2. The number of imide groups is 1. The minimum Gasteiger partial charge on any atom is -0.376 e. The van der Waals surface area contributed by atoms with Gasteiger partial charge in [0, 0.05) is 26.2 Å². The molecular formula is C18H32IN5O4. The zero-order valence-electron chi connectivity index (χ0n) is 16.5. The van der Waals surface area contributed by atoms with Gasteiger partial charge in [0.15, 0.2) is 5.96 Å². The minimum atomic E-state index is -0.329. The van der Waals surface area contributed by atoms with Gasteiger partial charge >= 0.3 is 6.03 Å². The van der Waals surface area contributed by atoms with Crippen LogP contribution >= 0.6 is 24.0 Å². The smallest absolute Gasteiger partial charge is 0.324 e. The second kappa shape index (κ2) is 11.8. The van der Waals surface area contributed by atoms with Crippen molar-refractivity contribution in [3.63, 3.8) is 0 Å². The molecule has 0 aliphatic carbocycles. The molecule has 9 nitrogen and oxygen atoms in total. The average molecular weight is 509 g/mol. The number of hydrogen-bond donors (Lipinski definition) is 2. The lowest BCUT2D eigenvalue weighted by Gasteiger charge is -2.34. The van der Waals surface area contributed by atoms with Crippen molar-refractivity contribution >= 4 is 41.9 Å². The molecule has 160 valence electrons. The van der Waals surface area contributed by atoms with Crippen molar-refractivity contribution in [2.45, 2.75) is 44.8 Å². The van der Waals surface area contributed by atoms with Crippen LogP contribution in [0.4, 0.5) is 4.79 Å². The summed E-state index contributed by atoms with van der Waals surface area (Å²) in [6.07, 6.45) is 4.72. The summed E-state index contributed by atoms with van der Waals surface area (Å²) in [6, 6.07) is -0.329. The van der Waals surface area contributed by atoms with Crippen LogP contribution in [0.2, 0.25) is 0 Å². The van der Waals surface area contributed by atoms with Crippen LogP contribution in [0.3, 0.4) is 0 Å². The highest BCUT2D eigenvalue weighted by molar-refractivity contribution is 14.0. The molecule has 28 heavy (non-hydrogen) atoms. The van der Waals surface area contributed by atoms with Crippen molar-refractivity contribution in [3.05, 3.63) is 0 Å². The normalized spacial score (nSPS) is 23.8. The fraction of sp³-hybridized carbons (Fsp3) is 0.833. The second-order valence-corrected chi connectivity index (χ2v) is 7.09. The van der Waals surface area contributed by atoms with Gasteiger partial charge in [0.25, 0.3) is 0 Å². The van der Waals surface area contributed by atoms with Gasteiger partial charge in [-0.2, -0.15) is 0 Å². The number of likely N-dealkylation sites (tertiary alicyclic amines) is 1. The van der Waals surface area contributed by atoms with Crippen LogP contribution < -0.4 is 10.6 Å².